The molecule has 2 bridgehead atoms. The fraction of sp³-hybridized carbons (Fsp3) is 0.318. The number of ether oxygens (including phenoxy) is 2. The summed E-state index contributed by atoms with van der Waals surface area (Å²) in [7, 11) is 1.58. The predicted molar refractivity (Wildman–Crippen MR) is 120 cm³/mol. The molecule has 4 rings (SSSR count). The molecule has 0 unspecified atom stereocenters. The van der Waals surface area contributed by atoms with Crippen molar-refractivity contribution < 1.29 is 14.3 Å². The lowest BCUT2D eigenvalue weighted by Crippen LogP contribution is -2.38. The summed E-state index contributed by atoms with van der Waals surface area (Å²) in [5.74, 6) is 1.69. The van der Waals surface area contributed by atoms with Crippen molar-refractivity contribution in [3.63, 3.8) is 0 Å². The Morgan fingerprint density at radius 2 is 2.10 bits per heavy atom. The molecule has 8 nitrogen and oxygen atoms in total. The number of nitrogens with zero attached hydrogens (tertiary/aromatic N) is 3. The van der Waals surface area contributed by atoms with Crippen molar-refractivity contribution in [2.45, 2.75) is 13.5 Å². The highest BCUT2D eigenvalue weighted by Gasteiger charge is 2.16. The van der Waals surface area contributed by atoms with E-state index >= 15 is 0 Å². The number of halogens is 1. The van der Waals surface area contributed by atoms with Gasteiger partial charge in [0, 0.05) is 28.7 Å². The highest BCUT2D eigenvalue weighted by Crippen LogP contribution is 2.35. The van der Waals surface area contributed by atoms with Crippen LogP contribution in [-0.4, -0.2) is 54.1 Å². The molecule has 0 atom stereocenters. The van der Waals surface area contributed by atoms with Gasteiger partial charge in [0.15, 0.2) is 11.5 Å². The average molecular weight is 442 g/mol. The summed E-state index contributed by atoms with van der Waals surface area (Å²) < 4.78 is 11.4. The molecule has 1 aromatic heterocycles. The molecule has 0 saturated heterocycles. The Kier molecular flexibility index (Phi) is 6.39. The third-order valence-electron chi connectivity index (χ3n) is 5.14. The van der Waals surface area contributed by atoms with Gasteiger partial charge < -0.3 is 20.1 Å². The van der Waals surface area contributed by atoms with E-state index in [1.807, 2.05) is 37.3 Å². The van der Waals surface area contributed by atoms with E-state index in [4.69, 9.17) is 21.1 Å². The number of hydrogen-bond donors (Lipinski definition) is 2. The fourth-order valence-corrected chi connectivity index (χ4v) is 3.67. The number of rotatable bonds is 2. The number of carbonyl (C=O) groups excluding carboxylic acids is 1. The van der Waals surface area contributed by atoms with Crippen LogP contribution in [0.25, 0.3) is 10.9 Å². The summed E-state index contributed by atoms with van der Waals surface area (Å²) >= 11 is 6.29. The number of nitrogens with one attached hydrogen (secondary N) is 2. The first-order valence-electron chi connectivity index (χ1n) is 10.1. The van der Waals surface area contributed by atoms with Gasteiger partial charge in [-0.3, -0.25) is 9.69 Å². The number of aromatic nitrogens is 2. The molecule has 1 amide bonds. The minimum Gasteiger partial charge on any atom is -0.493 e. The molecule has 1 aliphatic heterocycles. The first-order chi connectivity index (χ1) is 15.1. The quantitative estimate of drug-likeness (QED) is 0.630. The molecule has 1 aliphatic rings. The van der Waals surface area contributed by atoms with E-state index in [-0.39, 0.29) is 12.5 Å². The topological polar surface area (TPSA) is 88.6 Å². The maximum absolute atomic E-state index is 12.4. The van der Waals surface area contributed by atoms with E-state index in [0.717, 1.165) is 28.7 Å². The lowest BCUT2D eigenvalue weighted by molar-refractivity contribution is -0.122. The van der Waals surface area contributed by atoms with E-state index in [2.05, 4.69) is 25.5 Å². The Hall–Kier alpha value is -3.10. The first-order valence-corrected chi connectivity index (χ1v) is 10.4. The molecule has 0 spiro atoms. The lowest BCUT2D eigenvalue weighted by Gasteiger charge is -2.22. The van der Waals surface area contributed by atoms with Crippen molar-refractivity contribution in [1.29, 1.82) is 0 Å². The molecule has 0 fully saturated rings. The summed E-state index contributed by atoms with van der Waals surface area (Å²) in [5, 5.41) is 7.70. The minimum atomic E-state index is -0.0552. The van der Waals surface area contributed by atoms with Gasteiger partial charge in [0.2, 0.25) is 5.91 Å². The number of fused-ring (bicyclic) bond motifs is 2. The van der Waals surface area contributed by atoms with Gasteiger partial charge in [0.25, 0.3) is 0 Å². The van der Waals surface area contributed by atoms with Crippen LogP contribution in [0.1, 0.15) is 12.5 Å². The molecule has 2 aromatic carbocycles. The van der Waals surface area contributed by atoms with E-state index in [1.165, 1.54) is 6.33 Å². The van der Waals surface area contributed by atoms with Gasteiger partial charge in [0.1, 0.15) is 18.8 Å². The van der Waals surface area contributed by atoms with Crippen molar-refractivity contribution in [2.75, 3.05) is 38.7 Å². The van der Waals surface area contributed by atoms with E-state index in [1.54, 1.807) is 7.11 Å². The molecule has 9 heteroatoms. The zero-order valence-corrected chi connectivity index (χ0v) is 18.2. The lowest BCUT2D eigenvalue weighted by atomic mass is 10.1. The van der Waals surface area contributed by atoms with Crippen molar-refractivity contribution in [3.8, 4) is 11.5 Å². The molecule has 2 N–H and O–H groups in total. The summed E-state index contributed by atoms with van der Waals surface area (Å²) in [4.78, 5) is 23.3. The second kappa shape index (κ2) is 9.36. The molecule has 3 aromatic rings. The summed E-state index contributed by atoms with van der Waals surface area (Å²) in [5.41, 5.74) is 2.54. The van der Waals surface area contributed by atoms with Gasteiger partial charge >= 0.3 is 0 Å². The molecule has 0 radical (unpaired) electrons. The zero-order chi connectivity index (χ0) is 21.8. The SMILES string of the molecule is CCN1CC(=O)NCCOc2cc3c(ncnc3cc2OC)Nc2cc(Cl)ccc2C1. The van der Waals surface area contributed by atoms with Crippen LogP contribution >= 0.6 is 11.6 Å². The summed E-state index contributed by atoms with van der Waals surface area (Å²) in [6, 6.07) is 9.33. The fourth-order valence-electron chi connectivity index (χ4n) is 3.50. The molecular weight excluding hydrogens is 418 g/mol. The molecule has 0 aliphatic carbocycles. The Balaban J connectivity index is 1.83. The number of anilines is 2. The van der Waals surface area contributed by atoms with Crippen LogP contribution in [-0.2, 0) is 11.3 Å². The van der Waals surface area contributed by atoms with Crippen LogP contribution in [0, 0.1) is 0 Å². The van der Waals surface area contributed by atoms with E-state index < -0.39 is 0 Å². The van der Waals surface area contributed by atoms with Gasteiger partial charge in [-0.25, -0.2) is 9.97 Å². The second-order valence-corrected chi connectivity index (χ2v) is 7.61. The minimum absolute atomic E-state index is 0.0552. The van der Waals surface area contributed by atoms with E-state index in [9.17, 15) is 4.79 Å². The third kappa shape index (κ3) is 4.81. The Bertz CT molecular complexity index is 1110. The van der Waals surface area contributed by atoms with Crippen LogP contribution in [0.15, 0.2) is 36.7 Å². The number of methoxy groups -OCH3 is 1. The van der Waals surface area contributed by atoms with Crippen LogP contribution in [0.2, 0.25) is 5.02 Å². The predicted octanol–water partition coefficient (Wildman–Crippen LogP) is 3.37. The molecule has 0 saturated carbocycles. The number of carbonyl (C=O) groups is 1. The van der Waals surface area contributed by atoms with Gasteiger partial charge in [-0.15, -0.1) is 0 Å². The van der Waals surface area contributed by atoms with Gasteiger partial charge in [-0.1, -0.05) is 24.6 Å². The molecular formula is C22H24ClN5O3. The normalized spacial score (nSPS) is 15.3. The maximum atomic E-state index is 12.4. The van der Waals surface area contributed by atoms with Crippen molar-refractivity contribution in [1.82, 2.24) is 20.2 Å². The Morgan fingerprint density at radius 1 is 1.23 bits per heavy atom. The van der Waals surface area contributed by atoms with Crippen molar-refractivity contribution in [2.24, 2.45) is 0 Å². The van der Waals surface area contributed by atoms with Gasteiger partial charge in [-0.05, 0) is 30.3 Å². The average Bonchev–Trinajstić information content (AvgIpc) is 2.77. The first kappa shape index (κ1) is 21.1. The van der Waals surface area contributed by atoms with Crippen LogP contribution < -0.4 is 20.1 Å². The maximum Gasteiger partial charge on any atom is 0.234 e. The highest BCUT2D eigenvalue weighted by molar-refractivity contribution is 6.30. The molecule has 162 valence electrons. The summed E-state index contributed by atoms with van der Waals surface area (Å²) in [6.07, 6.45) is 1.50. The van der Waals surface area contributed by atoms with Gasteiger partial charge in [0.05, 0.1) is 25.7 Å². The standard InChI is InChI=1S/C22H24ClN5O3/c1-3-28-11-14-4-5-15(23)8-17(14)27-22-16-9-20(31-7-6-24-21(29)12-28)19(30-2)10-18(16)25-13-26-22/h4-5,8-10,13H,3,6-7,11-12H2,1-2H3,(H,24,29)(H,25,26,27). The Labute approximate surface area is 185 Å². The van der Waals surface area contributed by atoms with Gasteiger partial charge in [-0.2, -0.15) is 0 Å². The second-order valence-electron chi connectivity index (χ2n) is 7.17. The number of benzene rings is 2. The Morgan fingerprint density at radius 3 is 2.90 bits per heavy atom. The zero-order valence-electron chi connectivity index (χ0n) is 17.4. The monoisotopic (exact) mass is 441 g/mol. The third-order valence-corrected chi connectivity index (χ3v) is 5.37. The van der Waals surface area contributed by atoms with Crippen molar-refractivity contribution >= 4 is 39.9 Å². The largest absolute Gasteiger partial charge is 0.493 e. The molecule has 2 heterocycles. The van der Waals surface area contributed by atoms with Crippen molar-refractivity contribution in [3.05, 3.63) is 47.2 Å². The van der Waals surface area contributed by atoms with Crippen LogP contribution in [0.3, 0.4) is 0 Å². The number of likely N-dealkylation sites (N-methyl/N-ethyl adjacent to an activating group) is 1. The van der Waals surface area contributed by atoms with E-state index in [0.29, 0.717) is 42.0 Å². The highest BCUT2D eigenvalue weighted by atomic mass is 35.5. The smallest absolute Gasteiger partial charge is 0.234 e. The van der Waals surface area contributed by atoms with Crippen LogP contribution in [0.5, 0.6) is 11.5 Å². The number of amides is 1. The molecule has 31 heavy (non-hydrogen) atoms. The van der Waals surface area contributed by atoms with Crippen LogP contribution in [0.4, 0.5) is 11.5 Å². The number of hydrogen-bond acceptors (Lipinski definition) is 7. The summed E-state index contributed by atoms with van der Waals surface area (Å²) in [6.45, 7) is 4.32.